The molecular formula is C13H19N3O2. The monoisotopic (exact) mass is 249 g/mol. The summed E-state index contributed by atoms with van der Waals surface area (Å²) in [6, 6.07) is 2.43. The summed E-state index contributed by atoms with van der Waals surface area (Å²) in [5.74, 6) is 0.0742. The van der Waals surface area contributed by atoms with E-state index >= 15 is 0 Å². The molecule has 2 aliphatic rings. The Balaban J connectivity index is 1.87. The molecule has 0 aromatic heterocycles. The van der Waals surface area contributed by atoms with Crippen LogP contribution in [0.1, 0.15) is 32.6 Å². The van der Waals surface area contributed by atoms with Crippen molar-refractivity contribution in [2.75, 3.05) is 13.6 Å². The Morgan fingerprint density at radius 1 is 1.44 bits per heavy atom. The number of nitriles is 1. The van der Waals surface area contributed by atoms with E-state index in [0.717, 1.165) is 12.8 Å². The van der Waals surface area contributed by atoms with Gasteiger partial charge in [-0.3, -0.25) is 9.59 Å². The molecule has 0 aromatic rings. The second-order valence-electron chi connectivity index (χ2n) is 5.71. The van der Waals surface area contributed by atoms with Crippen LogP contribution in [-0.4, -0.2) is 36.3 Å². The van der Waals surface area contributed by atoms with Crippen LogP contribution in [0.25, 0.3) is 0 Å². The van der Waals surface area contributed by atoms with Crippen molar-refractivity contribution in [1.29, 1.82) is 5.26 Å². The molecule has 5 heteroatoms. The minimum Gasteiger partial charge on any atom is -0.352 e. The zero-order valence-corrected chi connectivity index (χ0v) is 10.9. The first kappa shape index (κ1) is 12.9. The second-order valence-corrected chi connectivity index (χ2v) is 5.71. The summed E-state index contributed by atoms with van der Waals surface area (Å²) in [5, 5.41) is 12.0. The van der Waals surface area contributed by atoms with E-state index in [0.29, 0.717) is 24.8 Å². The van der Waals surface area contributed by atoms with Gasteiger partial charge in [-0.2, -0.15) is 5.26 Å². The van der Waals surface area contributed by atoms with Crippen LogP contribution in [0.3, 0.4) is 0 Å². The molecule has 1 N–H and O–H groups in total. The molecule has 0 radical (unpaired) electrons. The zero-order chi connectivity index (χ0) is 13.3. The van der Waals surface area contributed by atoms with Crippen molar-refractivity contribution < 1.29 is 9.59 Å². The van der Waals surface area contributed by atoms with Crippen molar-refractivity contribution in [2.45, 2.75) is 38.6 Å². The predicted octanol–water partition coefficient (Wildman–Crippen LogP) is 0.663. The highest BCUT2D eigenvalue weighted by Gasteiger charge is 2.50. The van der Waals surface area contributed by atoms with Crippen LogP contribution in [0.2, 0.25) is 0 Å². The average Bonchev–Trinajstić information content (AvgIpc) is 3.07. The van der Waals surface area contributed by atoms with Crippen molar-refractivity contribution >= 4 is 11.8 Å². The number of hydrogen-bond acceptors (Lipinski definition) is 3. The van der Waals surface area contributed by atoms with Gasteiger partial charge in [-0.15, -0.1) is 0 Å². The first-order valence-corrected chi connectivity index (χ1v) is 6.43. The first-order chi connectivity index (χ1) is 8.47. The van der Waals surface area contributed by atoms with Gasteiger partial charge < -0.3 is 10.2 Å². The lowest BCUT2D eigenvalue weighted by Gasteiger charge is -2.41. The summed E-state index contributed by atoms with van der Waals surface area (Å²) in [6.07, 6.45) is 3.28. The number of nitrogens with zero attached hydrogens (tertiary/aromatic N) is 2. The maximum atomic E-state index is 12.2. The van der Waals surface area contributed by atoms with Gasteiger partial charge in [0.25, 0.3) is 0 Å². The summed E-state index contributed by atoms with van der Waals surface area (Å²) in [5.41, 5.74) is -0.881. The van der Waals surface area contributed by atoms with Gasteiger partial charge in [0.05, 0.1) is 12.6 Å². The molecule has 0 saturated heterocycles. The number of carbonyl (C=O) groups is 2. The Labute approximate surface area is 107 Å². The zero-order valence-electron chi connectivity index (χ0n) is 10.9. The summed E-state index contributed by atoms with van der Waals surface area (Å²) < 4.78 is 0. The lowest BCUT2D eigenvalue weighted by molar-refractivity contribution is -0.146. The molecule has 0 atom stereocenters. The van der Waals surface area contributed by atoms with Crippen LogP contribution in [0.5, 0.6) is 0 Å². The van der Waals surface area contributed by atoms with Gasteiger partial charge in [-0.05, 0) is 31.6 Å². The molecule has 0 aliphatic heterocycles. The van der Waals surface area contributed by atoms with Gasteiger partial charge in [0, 0.05) is 13.1 Å². The smallest absolute Gasteiger partial charge is 0.243 e. The van der Waals surface area contributed by atoms with Crippen LogP contribution in [0.4, 0.5) is 0 Å². The Bertz CT molecular complexity index is 403. The fourth-order valence-corrected chi connectivity index (χ4v) is 2.60. The molecule has 2 saturated carbocycles. The van der Waals surface area contributed by atoms with Crippen LogP contribution < -0.4 is 5.32 Å². The van der Waals surface area contributed by atoms with Crippen molar-refractivity contribution in [2.24, 2.45) is 11.3 Å². The molecule has 2 rings (SSSR count). The normalized spacial score (nSPS) is 29.9. The third-order valence-corrected chi connectivity index (χ3v) is 3.69. The number of rotatable bonds is 4. The highest BCUT2D eigenvalue weighted by molar-refractivity contribution is 5.90. The molecule has 0 heterocycles. The van der Waals surface area contributed by atoms with E-state index in [1.165, 1.54) is 4.90 Å². The van der Waals surface area contributed by atoms with Gasteiger partial charge in [0.2, 0.25) is 11.8 Å². The summed E-state index contributed by atoms with van der Waals surface area (Å²) in [4.78, 5) is 25.2. The maximum absolute atomic E-state index is 12.2. The average molecular weight is 249 g/mol. The topological polar surface area (TPSA) is 73.2 Å². The quantitative estimate of drug-likeness (QED) is 0.795. The molecule has 18 heavy (non-hydrogen) atoms. The Kier molecular flexibility index (Phi) is 3.29. The first-order valence-electron chi connectivity index (χ1n) is 6.43. The Morgan fingerprint density at radius 2 is 2.06 bits per heavy atom. The number of likely N-dealkylation sites (N-methyl/N-ethyl adjacent to an activating group) is 1. The molecule has 2 fully saturated rings. The minimum absolute atomic E-state index is 0.0488. The Morgan fingerprint density at radius 3 is 2.50 bits per heavy atom. The lowest BCUT2D eigenvalue weighted by Crippen LogP contribution is -2.51. The van der Waals surface area contributed by atoms with Crippen molar-refractivity contribution in [3.05, 3.63) is 0 Å². The SMILES string of the molecule is CC1CC(C#N)(C(=O)N(C)CC(=O)NC2CC2)C1. The molecule has 2 aliphatic carbocycles. The van der Waals surface area contributed by atoms with Crippen molar-refractivity contribution in [3.63, 3.8) is 0 Å². The summed E-state index contributed by atoms with van der Waals surface area (Å²) in [6.45, 7) is 2.08. The van der Waals surface area contributed by atoms with E-state index in [1.807, 2.05) is 6.92 Å². The predicted molar refractivity (Wildman–Crippen MR) is 65.2 cm³/mol. The van der Waals surface area contributed by atoms with E-state index in [4.69, 9.17) is 5.26 Å². The molecule has 5 nitrogen and oxygen atoms in total. The van der Waals surface area contributed by atoms with Gasteiger partial charge in [0.15, 0.2) is 0 Å². The number of nitrogens with one attached hydrogen (secondary N) is 1. The number of amides is 2. The molecule has 98 valence electrons. The molecule has 0 unspecified atom stereocenters. The highest BCUT2D eigenvalue weighted by atomic mass is 16.2. The largest absolute Gasteiger partial charge is 0.352 e. The summed E-state index contributed by atoms with van der Waals surface area (Å²) in [7, 11) is 1.59. The molecule has 0 spiro atoms. The van der Waals surface area contributed by atoms with Crippen LogP contribution >= 0.6 is 0 Å². The van der Waals surface area contributed by atoms with E-state index in [2.05, 4.69) is 11.4 Å². The third-order valence-electron chi connectivity index (χ3n) is 3.69. The fraction of sp³-hybridized carbons (Fsp3) is 0.769. The fourth-order valence-electron chi connectivity index (χ4n) is 2.60. The lowest BCUT2D eigenvalue weighted by atomic mass is 9.63. The van der Waals surface area contributed by atoms with Gasteiger partial charge in [-0.1, -0.05) is 6.92 Å². The third kappa shape index (κ3) is 2.47. The van der Waals surface area contributed by atoms with Gasteiger partial charge >= 0.3 is 0 Å². The van der Waals surface area contributed by atoms with Crippen LogP contribution in [0.15, 0.2) is 0 Å². The van der Waals surface area contributed by atoms with Crippen LogP contribution in [0, 0.1) is 22.7 Å². The summed E-state index contributed by atoms with van der Waals surface area (Å²) >= 11 is 0. The minimum atomic E-state index is -0.881. The second kappa shape index (κ2) is 4.60. The Hall–Kier alpha value is -1.57. The van der Waals surface area contributed by atoms with Gasteiger partial charge in [0.1, 0.15) is 5.41 Å². The van der Waals surface area contributed by atoms with E-state index in [-0.39, 0.29) is 18.4 Å². The van der Waals surface area contributed by atoms with Gasteiger partial charge in [-0.25, -0.2) is 0 Å². The number of carbonyl (C=O) groups excluding carboxylic acids is 2. The molecule has 2 amide bonds. The molecule has 0 aromatic carbocycles. The van der Waals surface area contributed by atoms with E-state index < -0.39 is 5.41 Å². The molecular weight excluding hydrogens is 230 g/mol. The van der Waals surface area contributed by atoms with Crippen molar-refractivity contribution in [3.8, 4) is 6.07 Å². The van der Waals surface area contributed by atoms with E-state index in [9.17, 15) is 9.59 Å². The maximum Gasteiger partial charge on any atom is 0.243 e. The number of hydrogen-bond donors (Lipinski definition) is 1. The standard InChI is InChI=1S/C13H19N3O2/c1-9-5-13(6-9,8-14)12(18)16(2)7-11(17)15-10-3-4-10/h9-10H,3-7H2,1-2H3,(H,15,17). The van der Waals surface area contributed by atoms with Crippen molar-refractivity contribution in [1.82, 2.24) is 10.2 Å². The van der Waals surface area contributed by atoms with Crippen LogP contribution in [-0.2, 0) is 9.59 Å². The van der Waals surface area contributed by atoms with E-state index in [1.54, 1.807) is 7.05 Å². The molecule has 0 bridgehead atoms. The highest BCUT2D eigenvalue weighted by Crippen LogP contribution is 2.46.